The molecule has 0 aliphatic rings. The number of anilines is 2. The number of aryl methyl sites for hydroxylation is 1. The fraction of sp³-hybridized carbons (Fsp3) is 0.222. The van der Waals surface area contributed by atoms with Crippen molar-refractivity contribution < 1.29 is 9.53 Å². The monoisotopic (exact) mass is 390 g/mol. The quantitative estimate of drug-likeness (QED) is 0.445. The van der Waals surface area contributed by atoms with E-state index in [1.165, 1.54) is 11.3 Å². The van der Waals surface area contributed by atoms with E-state index in [4.69, 9.17) is 22.2 Å². The molecule has 1 heterocycles. The summed E-state index contributed by atoms with van der Waals surface area (Å²) in [5.74, 6) is 5.74. The van der Waals surface area contributed by atoms with Crippen molar-refractivity contribution >= 4 is 49.9 Å². The Morgan fingerprint density at radius 3 is 2.62 bits per heavy atom. The highest BCUT2D eigenvalue weighted by molar-refractivity contribution is 7.22. The molecule has 0 fully saturated rings. The zero-order chi connectivity index (χ0) is 18.9. The van der Waals surface area contributed by atoms with Crippen molar-refractivity contribution in [2.75, 3.05) is 10.7 Å². The lowest BCUT2D eigenvalue weighted by Gasteiger charge is -2.25. The van der Waals surface area contributed by atoms with Crippen LogP contribution in [0.3, 0.4) is 0 Å². The molecule has 0 radical (unpaired) electrons. The molecule has 0 aliphatic carbocycles. The Morgan fingerprint density at radius 1 is 1.27 bits per heavy atom. The summed E-state index contributed by atoms with van der Waals surface area (Å²) in [5, 5.41) is 4.14. The topological polar surface area (TPSA) is 89.3 Å². The Hall–Kier alpha value is -2.35. The van der Waals surface area contributed by atoms with Crippen LogP contribution in [0, 0.1) is 6.92 Å². The second-order valence-electron chi connectivity index (χ2n) is 6.32. The molecule has 6 nitrogen and oxygen atoms in total. The SMILES string of the molecule is Cc1cc(NC(=O)C(C)(C)Oc2ccc(Cl)cc2)cc2sc(NN)nc12. The zero-order valence-corrected chi connectivity index (χ0v) is 16.2. The number of hydrogen-bond acceptors (Lipinski definition) is 6. The number of ether oxygens (including phenoxy) is 1. The number of halogens is 1. The number of carbonyl (C=O) groups is 1. The standard InChI is InChI=1S/C18H19ClN4O2S/c1-10-8-12(9-14-15(10)22-17(23-20)26-14)21-16(24)18(2,3)25-13-6-4-11(19)5-7-13/h4-9H,20H2,1-3H3,(H,21,24)(H,22,23). The van der Waals surface area contributed by atoms with E-state index in [0.29, 0.717) is 21.6 Å². The van der Waals surface area contributed by atoms with Gasteiger partial charge in [0.2, 0.25) is 0 Å². The summed E-state index contributed by atoms with van der Waals surface area (Å²) >= 11 is 7.30. The van der Waals surface area contributed by atoms with Gasteiger partial charge in [0, 0.05) is 10.7 Å². The lowest BCUT2D eigenvalue weighted by Crippen LogP contribution is -2.42. The molecule has 3 rings (SSSR count). The van der Waals surface area contributed by atoms with Gasteiger partial charge in [-0.25, -0.2) is 10.8 Å². The second kappa shape index (κ2) is 7.11. The molecule has 0 spiro atoms. The number of amides is 1. The van der Waals surface area contributed by atoms with Gasteiger partial charge in [-0.2, -0.15) is 0 Å². The summed E-state index contributed by atoms with van der Waals surface area (Å²) in [4.78, 5) is 17.1. The molecule has 0 saturated heterocycles. The van der Waals surface area contributed by atoms with Crippen LogP contribution in [0.1, 0.15) is 19.4 Å². The third kappa shape index (κ3) is 3.90. The molecule has 3 aromatic rings. The first-order chi connectivity index (χ1) is 12.3. The number of hydrogen-bond donors (Lipinski definition) is 3. The van der Waals surface area contributed by atoms with Crippen molar-refractivity contribution in [3.05, 3.63) is 47.0 Å². The number of nitrogen functional groups attached to an aromatic ring is 1. The Labute approximate surface area is 160 Å². The molecule has 8 heteroatoms. The number of fused-ring (bicyclic) bond motifs is 1. The van der Waals surface area contributed by atoms with Crippen LogP contribution >= 0.6 is 22.9 Å². The first kappa shape index (κ1) is 18.4. The van der Waals surface area contributed by atoms with Gasteiger partial charge in [0.1, 0.15) is 5.75 Å². The van der Waals surface area contributed by atoms with Crippen molar-refractivity contribution in [3.63, 3.8) is 0 Å². The number of nitrogens with two attached hydrogens (primary N) is 1. The van der Waals surface area contributed by atoms with E-state index < -0.39 is 5.60 Å². The number of thiazole rings is 1. The van der Waals surface area contributed by atoms with E-state index in [0.717, 1.165) is 15.8 Å². The Morgan fingerprint density at radius 2 is 1.96 bits per heavy atom. The summed E-state index contributed by atoms with van der Waals surface area (Å²) in [6.07, 6.45) is 0. The van der Waals surface area contributed by atoms with Crippen molar-refractivity contribution in [3.8, 4) is 5.75 Å². The Bertz CT molecular complexity index is 954. The largest absolute Gasteiger partial charge is 0.478 e. The van der Waals surface area contributed by atoms with Gasteiger partial charge in [0.05, 0.1) is 10.2 Å². The average Bonchev–Trinajstić information content (AvgIpc) is 3.00. The molecule has 4 N–H and O–H groups in total. The minimum absolute atomic E-state index is 0.257. The predicted molar refractivity (Wildman–Crippen MR) is 107 cm³/mol. The molecule has 0 bridgehead atoms. The van der Waals surface area contributed by atoms with Gasteiger partial charge < -0.3 is 10.1 Å². The molecule has 0 saturated carbocycles. The van der Waals surface area contributed by atoms with Crippen LogP contribution in [-0.4, -0.2) is 16.5 Å². The third-order valence-electron chi connectivity index (χ3n) is 3.80. The summed E-state index contributed by atoms with van der Waals surface area (Å²) in [7, 11) is 0. The van der Waals surface area contributed by atoms with E-state index in [9.17, 15) is 4.79 Å². The van der Waals surface area contributed by atoms with Crippen LogP contribution < -0.4 is 21.3 Å². The van der Waals surface area contributed by atoms with E-state index >= 15 is 0 Å². The van der Waals surface area contributed by atoms with Crippen LogP contribution in [0.15, 0.2) is 36.4 Å². The van der Waals surface area contributed by atoms with E-state index in [1.807, 2.05) is 19.1 Å². The predicted octanol–water partition coefficient (Wildman–Crippen LogP) is 4.34. The van der Waals surface area contributed by atoms with Gasteiger partial charge in [-0.3, -0.25) is 10.2 Å². The summed E-state index contributed by atoms with van der Waals surface area (Å²) in [6.45, 7) is 5.37. The van der Waals surface area contributed by atoms with Crippen LogP contribution in [0.2, 0.25) is 5.02 Å². The van der Waals surface area contributed by atoms with Gasteiger partial charge in [0.25, 0.3) is 5.91 Å². The van der Waals surface area contributed by atoms with Crippen LogP contribution in [-0.2, 0) is 4.79 Å². The third-order valence-corrected chi connectivity index (χ3v) is 4.99. The van der Waals surface area contributed by atoms with Gasteiger partial charge in [-0.15, -0.1) is 0 Å². The van der Waals surface area contributed by atoms with Crippen LogP contribution in [0.4, 0.5) is 10.8 Å². The minimum atomic E-state index is -1.06. The molecule has 0 aliphatic heterocycles. The van der Waals surface area contributed by atoms with E-state index in [-0.39, 0.29) is 5.91 Å². The van der Waals surface area contributed by atoms with E-state index in [2.05, 4.69) is 15.7 Å². The van der Waals surface area contributed by atoms with Crippen LogP contribution in [0.25, 0.3) is 10.2 Å². The first-order valence-electron chi connectivity index (χ1n) is 7.92. The average molecular weight is 391 g/mol. The van der Waals surface area contributed by atoms with Crippen molar-refractivity contribution in [1.29, 1.82) is 0 Å². The zero-order valence-electron chi connectivity index (χ0n) is 14.6. The number of carbonyl (C=O) groups excluding carboxylic acids is 1. The summed E-state index contributed by atoms with van der Waals surface area (Å²) in [5.41, 5.74) is 3.98. The maximum atomic E-state index is 12.7. The first-order valence-corrected chi connectivity index (χ1v) is 9.12. The Kier molecular flexibility index (Phi) is 5.04. The highest BCUT2D eigenvalue weighted by Crippen LogP contribution is 2.31. The van der Waals surface area contributed by atoms with E-state index in [1.54, 1.807) is 38.1 Å². The van der Waals surface area contributed by atoms with Gasteiger partial charge in [-0.1, -0.05) is 22.9 Å². The minimum Gasteiger partial charge on any atom is -0.478 e. The Balaban J connectivity index is 1.79. The normalized spacial score (nSPS) is 11.4. The molecule has 2 aromatic carbocycles. The molecule has 136 valence electrons. The number of hydrazine groups is 1. The van der Waals surface area contributed by atoms with Crippen molar-refractivity contribution in [2.24, 2.45) is 5.84 Å². The molecule has 26 heavy (non-hydrogen) atoms. The maximum Gasteiger partial charge on any atom is 0.267 e. The lowest BCUT2D eigenvalue weighted by molar-refractivity contribution is -0.128. The smallest absolute Gasteiger partial charge is 0.267 e. The molecular formula is C18H19ClN4O2S. The van der Waals surface area contributed by atoms with Gasteiger partial charge in [-0.05, 0) is 62.7 Å². The highest BCUT2D eigenvalue weighted by Gasteiger charge is 2.30. The van der Waals surface area contributed by atoms with Crippen molar-refractivity contribution in [1.82, 2.24) is 4.98 Å². The van der Waals surface area contributed by atoms with Crippen LogP contribution in [0.5, 0.6) is 5.75 Å². The number of nitrogens with one attached hydrogen (secondary N) is 2. The molecular weight excluding hydrogens is 372 g/mol. The highest BCUT2D eigenvalue weighted by atomic mass is 35.5. The number of benzene rings is 2. The maximum absolute atomic E-state index is 12.7. The second-order valence-corrected chi connectivity index (χ2v) is 7.79. The van der Waals surface area contributed by atoms with Gasteiger partial charge in [0.15, 0.2) is 10.7 Å². The number of rotatable bonds is 5. The number of aromatic nitrogens is 1. The van der Waals surface area contributed by atoms with Gasteiger partial charge >= 0.3 is 0 Å². The fourth-order valence-electron chi connectivity index (χ4n) is 2.46. The van der Waals surface area contributed by atoms with Crippen molar-refractivity contribution in [2.45, 2.75) is 26.4 Å². The molecule has 1 aromatic heterocycles. The summed E-state index contributed by atoms with van der Waals surface area (Å²) < 4.78 is 6.76. The molecule has 0 atom stereocenters. The molecule has 1 amide bonds. The lowest BCUT2D eigenvalue weighted by atomic mass is 10.1. The summed E-state index contributed by atoms with van der Waals surface area (Å²) in [6, 6.07) is 10.6. The fourth-order valence-corrected chi connectivity index (χ4v) is 3.48. The number of nitrogens with zero attached hydrogens (tertiary/aromatic N) is 1. The molecule has 0 unspecified atom stereocenters.